The second-order valence-corrected chi connectivity index (χ2v) is 8.19. The zero-order valence-corrected chi connectivity index (χ0v) is 14.3. The maximum absolute atomic E-state index is 13.0. The fraction of sp³-hybridized carbons (Fsp3) is 0.389. The fourth-order valence-corrected chi connectivity index (χ4v) is 5.57. The van der Waals surface area contributed by atoms with Crippen LogP contribution >= 0.6 is 23.1 Å². The fourth-order valence-electron chi connectivity index (χ4n) is 3.50. The Morgan fingerprint density at radius 3 is 3.05 bits per heavy atom. The molecule has 2 atom stereocenters. The highest BCUT2D eigenvalue weighted by Gasteiger charge is 2.37. The number of benzene rings is 1. The molecule has 1 aromatic carbocycles. The van der Waals surface area contributed by atoms with E-state index in [4.69, 9.17) is 0 Å². The van der Waals surface area contributed by atoms with Crippen LogP contribution in [0.25, 0.3) is 0 Å². The van der Waals surface area contributed by atoms with Gasteiger partial charge in [-0.1, -0.05) is 17.7 Å². The lowest BCUT2D eigenvalue weighted by atomic mass is 10.1. The molecule has 22 heavy (non-hydrogen) atoms. The van der Waals surface area contributed by atoms with Crippen LogP contribution in [0.15, 0.2) is 39.9 Å². The molecule has 0 bridgehead atoms. The van der Waals surface area contributed by atoms with Gasteiger partial charge in [0.05, 0.1) is 11.3 Å². The predicted octanol–water partition coefficient (Wildman–Crippen LogP) is 4.44. The first-order valence-electron chi connectivity index (χ1n) is 7.81. The number of likely N-dealkylation sites (tertiary alicyclic amines) is 1. The molecule has 2 nitrogen and oxygen atoms in total. The summed E-state index contributed by atoms with van der Waals surface area (Å²) < 4.78 is 0. The normalized spacial score (nSPS) is 23.8. The van der Waals surface area contributed by atoms with Crippen LogP contribution in [0.1, 0.15) is 35.6 Å². The number of fused-ring (bicyclic) bond motifs is 1. The van der Waals surface area contributed by atoms with Gasteiger partial charge >= 0.3 is 0 Å². The molecule has 4 heteroatoms. The number of carbonyl (C=O) groups excluding carboxylic acids is 1. The molecule has 0 saturated carbocycles. The van der Waals surface area contributed by atoms with Crippen molar-refractivity contribution in [2.75, 3.05) is 6.54 Å². The van der Waals surface area contributed by atoms with Crippen molar-refractivity contribution in [3.05, 3.63) is 51.7 Å². The maximum atomic E-state index is 13.0. The minimum atomic E-state index is 0.0658. The number of carbonyl (C=O) groups is 1. The number of hydrogen-bond acceptors (Lipinski definition) is 3. The van der Waals surface area contributed by atoms with Crippen LogP contribution in [0.5, 0.6) is 0 Å². The second kappa shape index (κ2) is 5.74. The lowest BCUT2D eigenvalue weighted by Gasteiger charge is -2.26. The number of rotatable bonds is 2. The SMILES string of the molecule is Cc1ccc2c(c1)S[C@@H](C(=O)N1CCC[C@H]1c1ccsc1)C2. The summed E-state index contributed by atoms with van der Waals surface area (Å²) in [6.07, 6.45) is 3.10. The molecule has 4 rings (SSSR count). The predicted molar refractivity (Wildman–Crippen MR) is 92.5 cm³/mol. The minimum Gasteiger partial charge on any atom is -0.335 e. The lowest BCUT2D eigenvalue weighted by Crippen LogP contribution is -2.37. The molecule has 1 fully saturated rings. The monoisotopic (exact) mass is 329 g/mol. The summed E-state index contributed by atoms with van der Waals surface area (Å²) in [5, 5.41) is 4.37. The van der Waals surface area contributed by atoms with E-state index in [0.717, 1.165) is 25.8 Å². The summed E-state index contributed by atoms with van der Waals surface area (Å²) in [7, 11) is 0. The van der Waals surface area contributed by atoms with Gasteiger partial charge in [-0.25, -0.2) is 0 Å². The standard InChI is InChI=1S/C18H19NOS2/c1-12-4-5-13-10-17(22-16(13)9-12)18(20)19-7-2-3-15(19)14-6-8-21-11-14/h4-6,8-9,11,15,17H,2-3,7,10H2,1H3/t15-,17+/m0/s1. The maximum Gasteiger partial charge on any atom is 0.236 e. The Morgan fingerprint density at radius 1 is 1.32 bits per heavy atom. The molecule has 114 valence electrons. The van der Waals surface area contributed by atoms with Crippen LogP contribution in [0, 0.1) is 6.92 Å². The van der Waals surface area contributed by atoms with Gasteiger partial charge in [-0.3, -0.25) is 4.79 Å². The van der Waals surface area contributed by atoms with E-state index in [0.29, 0.717) is 11.9 Å². The van der Waals surface area contributed by atoms with Crippen molar-refractivity contribution in [3.63, 3.8) is 0 Å². The van der Waals surface area contributed by atoms with Crippen molar-refractivity contribution in [2.24, 2.45) is 0 Å². The highest BCUT2D eigenvalue weighted by atomic mass is 32.2. The highest BCUT2D eigenvalue weighted by Crippen LogP contribution is 2.41. The molecule has 2 aliphatic rings. The van der Waals surface area contributed by atoms with Gasteiger partial charge in [-0.2, -0.15) is 11.3 Å². The Kier molecular flexibility index (Phi) is 3.74. The number of nitrogens with zero attached hydrogens (tertiary/aromatic N) is 1. The van der Waals surface area contributed by atoms with Gasteiger partial charge < -0.3 is 4.90 Å². The van der Waals surface area contributed by atoms with Crippen molar-refractivity contribution in [1.29, 1.82) is 0 Å². The number of hydrogen-bond donors (Lipinski definition) is 0. The van der Waals surface area contributed by atoms with Crippen LogP contribution in [0.2, 0.25) is 0 Å². The zero-order valence-electron chi connectivity index (χ0n) is 12.6. The summed E-state index contributed by atoms with van der Waals surface area (Å²) in [6.45, 7) is 3.02. The number of thioether (sulfide) groups is 1. The largest absolute Gasteiger partial charge is 0.335 e. The molecule has 1 amide bonds. The van der Waals surface area contributed by atoms with Gasteiger partial charge in [0.15, 0.2) is 0 Å². The third kappa shape index (κ3) is 2.48. The molecule has 0 radical (unpaired) electrons. The molecule has 3 heterocycles. The van der Waals surface area contributed by atoms with Gasteiger partial charge in [-0.15, -0.1) is 11.8 Å². The third-order valence-corrected chi connectivity index (χ3v) is 6.62. The summed E-state index contributed by atoms with van der Waals surface area (Å²) in [6, 6.07) is 9.01. The topological polar surface area (TPSA) is 20.3 Å². The van der Waals surface area contributed by atoms with Crippen LogP contribution in [0.3, 0.4) is 0 Å². The van der Waals surface area contributed by atoms with E-state index in [1.807, 2.05) is 0 Å². The molecule has 1 saturated heterocycles. The van der Waals surface area contributed by atoms with Crippen LogP contribution in [0.4, 0.5) is 0 Å². The van der Waals surface area contributed by atoms with Gasteiger partial charge in [0, 0.05) is 11.4 Å². The summed E-state index contributed by atoms with van der Waals surface area (Å²) >= 11 is 3.48. The number of aryl methyl sites for hydroxylation is 1. The molecular formula is C18H19NOS2. The molecule has 0 N–H and O–H groups in total. The van der Waals surface area contributed by atoms with Crippen molar-refractivity contribution in [2.45, 2.75) is 42.4 Å². The third-order valence-electron chi connectivity index (χ3n) is 4.64. The molecule has 0 unspecified atom stereocenters. The van der Waals surface area contributed by atoms with E-state index in [-0.39, 0.29) is 5.25 Å². The van der Waals surface area contributed by atoms with Crippen LogP contribution in [-0.2, 0) is 11.2 Å². The highest BCUT2D eigenvalue weighted by molar-refractivity contribution is 8.01. The molecular weight excluding hydrogens is 310 g/mol. The molecule has 2 aliphatic heterocycles. The molecule has 0 spiro atoms. The Balaban J connectivity index is 1.53. The van der Waals surface area contributed by atoms with E-state index in [1.165, 1.54) is 21.6 Å². The smallest absolute Gasteiger partial charge is 0.236 e. The van der Waals surface area contributed by atoms with Crippen molar-refractivity contribution < 1.29 is 4.79 Å². The molecule has 1 aromatic heterocycles. The average Bonchev–Trinajstić information content (AvgIpc) is 3.24. The van der Waals surface area contributed by atoms with Gasteiger partial charge in [0.1, 0.15) is 0 Å². The van der Waals surface area contributed by atoms with Gasteiger partial charge in [0.2, 0.25) is 5.91 Å². The number of amides is 1. The van der Waals surface area contributed by atoms with Crippen molar-refractivity contribution >= 4 is 29.0 Å². The Morgan fingerprint density at radius 2 is 2.23 bits per heavy atom. The van der Waals surface area contributed by atoms with E-state index in [1.54, 1.807) is 23.1 Å². The van der Waals surface area contributed by atoms with E-state index < -0.39 is 0 Å². The van der Waals surface area contributed by atoms with E-state index >= 15 is 0 Å². The summed E-state index contributed by atoms with van der Waals surface area (Å²) in [5.74, 6) is 0.326. The van der Waals surface area contributed by atoms with E-state index in [2.05, 4.69) is 46.8 Å². The minimum absolute atomic E-state index is 0.0658. The van der Waals surface area contributed by atoms with E-state index in [9.17, 15) is 4.79 Å². The molecule has 0 aliphatic carbocycles. The van der Waals surface area contributed by atoms with Crippen LogP contribution < -0.4 is 0 Å². The van der Waals surface area contributed by atoms with Gasteiger partial charge in [0.25, 0.3) is 0 Å². The van der Waals surface area contributed by atoms with Crippen LogP contribution in [-0.4, -0.2) is 22.6 Å². The molecule has 2 aromatic rings. The quantitative estimate of drug-likeness (QED) is 0.812. The lowest BCUT2D eigenvalue weighted by molar-refractivity contribution is -0.131. The average molecular weight is 329 g/mol. The number of thiophene rings is 1. The summed E-state index contributed by atoms with van der Waals surface area (Å²) in [4.78, 5) is 16.4. The first-order chi connectivity index (χ1) is 10.7. The summed E-state index contributed by atoms with van der Waals surface area (Å²) in [5.41, 5.74) is 3.92. The Bertz CT molecular complexity index is 695. The zero-order chi connectivity index (χ0) is 15.1. The first kappa shape index (κ1) is 14.3. The van der Waals surface area contributed by atoms with Gasteiger partial charge in [-0.05, 0) is 60.2 Å². The van der Waals surface area contributed by atoms with Crippen molar-refractivity contribution in [3.8, 4) is 0 Å². The Labute approximate surface area is 139 Å². The van der Waals surface area contributed by atoms with Crippen molar-refractivity contribution in [1.82, 2.24) is 4.90 Å². The second-order valence-electron chi connectivity index (χ2n) is 6.17. The Hall–Kier alpha value is -1.26. The first-order valence-corrected chi connectivity index (χ1v) is 9.63.